The van der Waals surface area contributed by atoms with Gasteiger partial charge in [0.2, 0.25) is 0 Å². The minimum absolute atomic E-state index is 0.0840. The van der Waals surface area contributed by atoms with Crippen LogP contribution in [0.5, 0.6) is 0 Å². The van der Waals surface area contributed by atoms with Crippen molar-refractivity contribution in [3.05, 3.63) is 24.3 Å². The van der Waals surface area contributed by atoms with Crippen molar-refractivity contribution in [3.8, 4) is 0 Å². The summed E-state index contributed by atoms with van der Waals surface area (Å²) < 4.78 is 68.1. The van der Waals surface area contributed by atoms with E-state index in [0.717, 1.165) is 115 Å². The number of hydrogen-bond acceptors (Lipinski definition) is 15. The molecule has 0 saturated heterocycles. The van der Waals surface area contributed by atoms with Gasteiger partial charge >= 0.3 is 39.5 Å². The molecule has 0 rings (SSSR count). The molecule has 0 bridgehead atoms. The van der Waals surface area contributed by atoms with Gasteiger partial charge in [0.05, 0.1) is 26.4 Å². The van der Waals surface area contributed by atoms with Crippen molar-refractivity contribution < 1.29 is 80.2 Å². The molecule has 88 heavy (non-hydrogen) atoms. The van der Waals surface area contributed by atoms with Crippen LogP contribution in [-0.4, -0.2) is 96.7 Å². The van der Waals surface area contributed by atoms with E-state index in [4.69, 9.17) is 37.0 Å². The van der Waals surface area contributed by atoms with E-state index >= 15 is 0 Å². The second-order valence-corrected chi connectivity index (χ2v) is 28.6. The van der Waals surface area contributed by atoms with Crippen LogP contribution < -0.4 is 0 Å². The summed E-state index contributed by atoms with van der Waals surface area (Å²) in [6.45, 7) is 11.6. The zero-order valence-corrected chi connectivity index (χ0v) is 58.5. The Balaban J connectivity index is 5.29. The second kappa shape index (κ2) is 59.5. The number of phosphoric acid groups is 2. The van der Waals surface area contributed by atoms with E-state index in [9.17, 15) is 43.2 Å². The molecule has 0 spiro atoms. The lowest BCUT2D eigenvalue weighted by molar-refractivity contribution is -0.161. The predicted octanol–water partition coefficient (Wildman–Crippen LogP) is 19.0. The van der Waals surface area contributed by atoms with Gasteiger partial charge in [-0.15, -0.1) is 0 Å². The van der Waals surface area contributed by atoms with Crippen molar-refractivity contribution in [2.45, 2.75) is 336 Å². The number of allylic oxidation sites excluding steroid dienone is 4. The Bertz CT molecular complexity index is 1830. The zero-order chi connectivity index (χ0) is 65.2. The van der Waals surface area contributed by atoms with Crippen molar-refractivity contribution in [1.29, 1.82) is 0 Å². The van der Waals surface area contributed by atoms with Crippen LogP contribution in [0.1, 0.15) is 318 Å². The van der Waals surface area contributed by atoms with E-state index < -0.39 is 97.5 Å². The summed E-state index contributed by atoms with van der Waals surface area (Å²) in [5.41, 5.74) is 0. The summed E-state index contributed by atoms with van der Waals surface area (Å²) in [6, 6.07) is 0. The normalized spacial score (nSPS) is 14.4. The number of unbranched alkanes of at least 4 members (excludes halogenated alkanes) is 30. The number of aliphatic hydroxyl groups excluding tert-OH is 1. The maximum atomic E-state index is 13.0. The number of phosphoric ester groups is 2. The molecule has 0 aromatic heterocycles. The topological polar surface area (TPSA) is 237 Å². The van der Waals surface area contributed by atoms with Crippen LogP contribution in [0.15, 0.2) is 24.3 Å². The second-order valence-electron chi connectivity index (χ2n) is 25.7. The Hall–Kier alpha value is -2.46. The number of hydrogen-bond donors (Lipinski definition) is 3. The maximum Gasteiger partial charge on any atom is 0.472 e. The third-order valence-electron chi connectivity index (χ3n) is 15.3. The maximum absolute atomic E-state index is 13.0. The molecule has 0 aliphatic rings. The standard InChI is InChI=1S/C69H130O17P2/c1-8-9-10-11-12-13-14-15-16-17-18-21-31-38-45-52-68(73)85-64(56-79-66(71)50-43-36-29-22-19-20-26-33-40-47-60(2)3)58-83-87(75,76)81-54-63(70)55-82-88(77,78)84-59-65(86-69(74)53-46-39-32-25-28-35-42-49-62(6)7)57-80-67(72)51-44-37-30-24-23-27-34-41-48-61(4)5/h13-16,60-65,70H,8-12,17-59H2,1-7H3,(H,75,76)(H,77,78)/b14-13-,16-15-/t63?,64-,65-/m1/s1. The van der Waals surface area contributed by atoms with Crippen LogP contribution in [-0.2, 0) is 65.4 Å². The first kappa shape index (κ1) is 85.5. The Labute approximate surface area is 535 Å². The molecule has 0 saturated carbocycles. The highest BCUT2D eigenvalue weighted by Gasteiger charge is 2.30. The fraction of sp³-hybridized carbons (Fsp3) is 0.884. The summed E-state index contributed by atoms with van der Waals surface area (Å²) >= 11 is 0. The Morgan fingerprint density at radius 1 is 0.352 bits per heavy atom. The van der Waals surface area contributed by atoms with Crippen molar-refractivity contribution in [2.75, 3.05) is 39.6 Å². The van der Waals surface area contributed by atoms with E-state index in [0.29, 0.717) is 31.6 Å². The predicted molar refractivity (Wildman–Crippen MR) is 354 cm³/mol. The lowest BCUT2D eigenvalue weighted by Crippen LogP contribution is -2.30. The first-order valence-electron chi connectivity index (χ1n) is 35.2. The summed E-state index contributed by atoms with van der Waals surface area (Å²) in [5, 5.41) is 10.6. The number of esters is 4. The first-order chi connectivity index (χ1) is 42.2. The minimum atomic E-state index is -4.96. The van der Waals surface area contributed by atoms with Crippen LogP contribution in [0.3, 0.4) is 0 Å². The molecule has 19 heteroatoms. The first-order valence-corrected chi connectivity index (χ1v) is 38.2. The number of carbonyl (C=O) groups is 4. The molecule has 17 nitrogen and oxygen atoms in total. The van der Waals surface area contributed by atoms with Crippen molar-refractivity contribution in [1.82, 2.24) is 0 Å². The van der Waals surface area contributed by atoms with E-state index in [1.54, 1.807) is 0 Å². The van der Waals surface area contributed by atoms with Gasteiger partial charge < -0.3 is 33.8 Å². The van der Waals surface area contributed by atoms with E-state index in [2.05, 4.69) is 72.8 Å². The molecule has 0 aromatic rings. The van der Waals surface area contributed by atoms with Crippen LogP contribution in [0.25, 0.3) is 0 Å². The summed E-state index contributed by atoms with van der Waals surface area (Å²) in [5.74, 6) is -0.00204. The number of carbonyl (C=O) groups excluding carboxylic acids is 4. The highest BCUT2D eigenvalue weighted by molar-refractivity contribution is 7.47. The van der Waals surface area contributed by atoms with Gasteiger partial charge in [0.25, 0.3) is 0 Å². The Morgan fingerprint density at radius 3 is 0.920 bits per heavy atom. The molecular formula is C69H130O17P2. The molecule has 0 fully saturated rings. The van der Waals surface area contributed by atoms with E-state index in [1.165, 1.54) is 116 Å². The van der Waals surface area contributed by atoms with Gasteiger partial charge in [-0.25, -0.2) is 9.13 Å². The number of rotatable bonds is 65. The fourth-order valence-corrected chi connectivity index (χ4v) is 11.4. The summed E-state index contributed by atoms with van der Waals surface area (Å²) in [4.78, 5) is 72.4. The summed E-state index contributed by atoms with van der Waals surface area (Å²) in [6.07, 6.45) is 45.4. The molecule has 0 radical (unpaired) electrons. The number of aliphatic hydroxyl groups is 1. The van der Waals surface area contributed by atoms with Gasteiger partial charge in [-0.3, -0.25) is 37.3 Å². The third kappa shape index (κ3) is 62.4. The average Bonchev–Trinajstić information content (AvgIpc) is 3.69. The molecule has 0 amide bonds. The third-order valence-corrected chi connectivity index (χ3v) is 17.2. The molecule has 3 unspecified atom stereocenters. The Morgan fingerprint density at radius 2 is 0.614 bits per heavy atom. The van der Waals surface area contributed by atoms with Gasteiger partial charge in [-0.1, -0.05) is 265 Å². The van der Waals surface area contributed by atoms with Crippen LogP contribution in [0, 0.1) is 17.8 Å². The molecule has 3 N–H and O–H groups in total. The molecule has 5 atom stereocenters. The van der Waals surface area contributed by atoms with Crippen molar-refractivity contribution in [3.63, 3.8) is 0 Å². The SMILES string of the molecule is CCCCCC/C=C\C=C/CCCCCCCC(=O)O[C@H](COC(=O)CCCCCCCCCCCC(C)C)COP(=O)(O)OCC(O)COP(=O)(O)OC[C@@H](COC(=O)CCCCCCCCCCC(C)C)OC(=O)CCCCCCCCCC(C)C. The lowest BCUT2D eigenvalue weighted by Gasteiger charge is -2.21. The van der Waals surface area contributed by atoms with Crippen molar-refractivity contribution in [2.24, 2.45) is 17.8 Å². The highest BCUT2D eigenvalue weighted by Crippen LogP contribution is 2.45. The highest BCUT2D eigenvalue weighted by atomic mass is 31.2. The van der Waals surface area contributed by atoms with Crippen molar-refractivity contribution >= 4 is 39.5 Å². The van der Waals surface area contributed by atoms with Gasteiger partial charge in [0.15, 0.2) is 12.2 Å². The van der Waals surface area contributed by atoms with Gasteiger partial charge in [0, 0.05) is 25.7 Å². The fourth-order valence-electron chi connectivity index (χ4n) is 9.82. The zero-order valence-electron chi connectivity index (χ0n) is 56.7. The lowest BCUT2D eigenvalue weighted by atomic mass is 10.0. The molecule has 0 aromatic carbocycles. The monoisotopic (exact) mass is 1290 g/mol. The Kier molecular flexibility index (Phi) is 57.9. The smallest absolute Gasteiger partial charge is 0.462 e. The largest absolute Gasteiger partial charge is 0.472 e. The van der Waals surface area contributed by atoms with E-state index in [-0.39, 0.29) is 25.7 Å². The van der Waals surface area contributed by atoms with Gasteiger partial charge in [-0.2, -0.15) is 0 Å². The van der Waals surface area contributed by atoms with Gasteiger partial charge in [0.1, 0.15) is 19.3 Å². The molecule has 0 aliphatic carbocycles. The number of ether oxygens (including phenoxy) is 4. The van der Waals surface area contributed by atoms with Crippen LogP contribution in [0.2, 0.25) is 0 Å². The quantitative estimate of drug-likeness (QED) is 0.0169. The van der Waals surface area contributed by atoms with E-state index in [1.807, 2.05) is 0 Å². The van der Waals surface area contributed by atoms with Crippen LogP contribution in [0.4, 0.5) is 0 Å². The molecule has 0 aliphatic heterocycles. The summed E-state index contributed by atoms with van der Waals surface area (Å²) in [7, 11) is -9.91. The molecule has 0 heterocycles. The average molecular weight is 1290 g/mol. The van der Waals surface area contributed by atoms with Gasteiger partial charge in [-0.05, 0) is 69.1 Å². The minimum Gasteiger partial charge on any atom is -0.462 e. The molecule has 518 valence electrons. The molecular weight excluding hydrogens is 1160 g/mol. The van der Waals surface area contributed by atoms with Crippen LogP contribution >= 0.6 is 15.6 Å².